The van der Waals surface area contributed by atoms with Gasteiger partial charge >= 0.3 is 0 Å². The van der Waals surface area contributed by atoms with E-state index in [2.05, 4.69) is 157 Å². The summed E-state index contributed by atoms with van der Waals surface area (Å²) in [6.07, 6.45) is 6.45. The summed E-state index contributed by atoms with van der Waals surface area (Å²) in [4.78, 5) is 3.56. The van der Waals surface area contributed by atoms with Crippen molar-refractivity contribution in [1.82, 2.24) is 0 Å². The van der Waals surface area contributed by atoms with Crippen molar-refractivity contribution < 1.29 is 0 Å². The Labute approximate surface area is 212 Å². The zero-order valence-electron chi connectivity index (χ0n) is 19.7. The van der Waals surface area contributed by atoms with E-state index in [0.717, 1.165) is 17.1 Å². The van der Waals surface area contributed by atoms with Crippen LogP contribution < -0.4 is 4.90 Å². The first-order valence-electron chi connectivity index (χ1n) is 11.7. The highest BCUT2D eigenvalue weighted by Gasteiger charge is 2.11. The van der Waals surface area contributed by atoms with E-state index >= 15 is 0 Å². The topological polar surface area (TPSA) is 3.24 Å². The summed E-state index contributed by atoms with van der Waals surface area (Å²) in [6.45, 7) is 0. The zero-order valence-corrected chi connectivity index (χ0v) is 20.5. The number of hydrogen-bond acceptors (Lipinski definition) is 2. The molecular weight excluding hydrogens is 442 g/mol. The second kappa shape index (κ2) is 10.9. The molecule has 0 atom stereocenters. The van der Waals surface area contributed by atoms with Gasteiger partial charge in [0.2, 0.25) is 0 Å². The van der Waals surface area contributed by atoms with Crippen LogP contribution in [-0.2, 0) is 0 Å². The van der Waals surface area contributed by atoms with Crippen LogP contribution in [-0.4, -0.2) is 6.26 Å². The van der Waals surface area contributed by atoms with E-state index in [1.807, 2.05) is 0 Å². The first kappa shape index (κ1) is 22.8. The van der Waals surface area contributed by atoms with E-state index in [4.69, 9.17) is 0 Å². The second-order valence-electron chi connectivity index (χ2n) is 8.29. The highest BCUT2D eigenvalue weighted by atomic mass is 32.2. The Hall–Kier alpha value is -4.01. The maximum absolute atomic E-state index is 2.28. The second-order valence-corrected chi connectivity index (χ2v) is 9.16. The molecule has 0 bridgehead atoms. The number of thioether (sulfide) groups is 1. The molecule has 0 spiro atoms. The lowest BCUT2D eigenvalue weighted by atomic mass is 10.0. The predicted molar refractivity (Wildman–Crippen MR) is 154 cm³/mol. The van der Waals surface area contributed by atoms with E-state index in [1.54, 1.807) is 11.8 Å². The first-order chi connectivity index (χ1) is 17.3. The van der Waals surface area contributed by atoms with Crippen LogP contribution in [0.3, 0.4) is 0 Å². The molecule has 0 heterocycles. The quantitative estimate of drug-likeness (QED) is 0.172. The number of nitrogens with zero attached hydrogens (tertiary/aromatic N) is 1. The van der Waals surface area contributed by atoms with Crippen LogP contribution in [0.1, 0.15) is 11.1 Å². The molecule has 5 aromatic rings. The average Bonchev–Trinajstić information content (AvgIpc) is 2.94. The summed E-state index contributed by atoms with van der Waals surface area (Å²) < 4.78 is 0. The Balaban J connectivity index is 1.34. The molecule has 2 heteroatoms. The highest BCUT2D eigenvalue weighted by molar-refractivity contribution is 7.98. The summed E-state index contributed by atoms with van der Waals surface area (Å²) in [5, 5.41) is 0. The van der Waals surface area contributed by atoms with Crippen LogP contribution in [0.5, 0.6) is 0 Å². The van der Waals surface area contributed by atoms with Gasteiger partial charge in [-0.15, -0.1) is 11.8 Å². The van der Waals surface area contributed by atoms with Crippen LogP contribution >= 0.6 is 11.8 Å². The fraction of sp³-hybridized carbons (Fsp3) is 0.0303. The number of rotatable bonds is 7. The molecule has 0 fully saturated rings. The number of para-hydroxylation sites is 2. The minimum atomic E-state index is 1.14. The molecule has 170 valence electrons. The molecule has 0 N–H and O–H groups in total. The Morgan fingerprint density at radius 3 is 1.54 bits per heavy atom. The SMILES string of the molecule is CSc1cccc(-c2ccc(/C=C/c3ccc(N(c4ccccc4)c4ccccc4)cc3)cc2)c1. The van der Waals surface area contributed by atoms with Crippen LogP contribution in [0.25, 0.3) is 23.3 Å². The van der Waals surface area contributed by atoms with Gasteiger partial charge in [0.1, 0.15) is 0 Å². The van der Waals surface area contributed by atoms with Crippen molar-refractivity contribution in [3.63, 3.8) is 0 Å². The van der Waals surface area contributed by atoms with Gasteiger partial charge in [0, 0.05) is 22.0 Å². The summed E-state index contributed by atoms with van der Waals surface area (Å²) in [7, 11) is 0. The minimum absolute atomic E-state index is 1.14. The van der Waals surface area contributed by atoms with Gasteiger partial charge in [-0.25, -0.2) is 0 Å². The molecule has 0 radical (unpaired) electrons. The Morgan fingerprint density at radius 1 is 0.486 bits per heavy atom. The van der Waals surface area contributed by atoms with Crippen LogP contribution in [0.4, 0.5) is 17.1 Å². The van der Waals surface area contributed by atoms with Crippen molar-refractivity contribution in [3.05, 3.63) is 145 Å². The molecule has 0 aliphatic heterocycles. The van der Waals surface area contributed by atoms with E-state index in [9.17, 15) is 0 Å². The van der Waals surface area contributed by atoms with Gasteiger partial charge in [-0.3, -0.25) is 0 Å². The smallest absolute Gasteiger partial charge is 0.0462 e. The zero-order chi connectivity index (χ0) is 23.9. The summed E-state index contributed by atoms with van der Waals surface area (Å²) in [6, 6.07) is 47.1. The third kappa shape index (κ3) is 5.56. The maximum atomic E-state index is 2.28. The molecule has 0 amide bonds. The monoisotopic (exact) mass is 469 g/mol. The molecule has 1 nitrogen and oxygen atoms in total. The molecule has 5 aromatic carbocycles. The number of anilines is 3. The van der Waals surface area contributed by atoms with Gasteiger partial charge in [0.25, 0.3) is 0 Å². The third-order valence-corrected chi connectivity index (χ3v) is 6.69. The molecular formula is C33H27NS. The van der Waals surface area contributed by atoms with Crippen molar-refractivity contribution in [1.29, 1.82) is 0 Å². The molecule has 35 heavy (non-hydrogen) atoms. The lowest BCUT2D eigenvalue weighted by Gasteiger charge is -2.25. The third-order valence-electron chi connectivity index (χ3n) is 5.96. The summed E-state index contributed by atoms with van der Waals surface area (Å²) in [5.74, 6) is 0. The average molecular weight is 470 g/mol. The van der Waals surface area contributed by atoms with Crippen molar-refractivity contribution in [3.8, 4) is 11.1 Å². The van der Waals surface area contributed by atoms with Crippen molar-refractivity contribution in [2.45, 2.75) is 4.90 Å². The van der Waals surface area contributed by atoms with Crippen molar-refractivity contribution >= 4 is 41.0 Å². The van der Waals surface area contributed by atoms with Gasteiger partial charge in [0.15, 0.2) is 0 Å². The maximum Gasteiger partial charge on any atom is 0.0462 e. The summed E-state index contributed by atoms with van der Waals surface area (Å²) in [5.41, 5.74) is 8.28. The van der Waals surface area contributed by atoms with E-state index < -0.39 is 0 Å². The molecule has 0 saturated carbocycles. The standard InChI is InChI=1S/C33H27NS/c1-35-33-14-8-9-29(25-33)28-21-17-26(18-22-28)15-16-27-19-23-32(24-20-27)34(30-10-4-2-5-11-30)31-12-6-3-7-13-31/h2-25H,1H3/b16-15+. The fourth-order valence-corrected chi connectivity index (χ4v) is 4.58. The predicted octanol–water partition coefficient (Wildman–Crippen LogP) is 9.72. The highest BCUT2D eigenvalue weighted by Crippen LogP contribution is 2.34. The number of hydrogen-bond donors (Lipinski definition) is 0. The number of benzene rings is 5. The Bertz CT molecular complexity index is 1350. The van der Waals surface area contributed by atoms with Crippen molar-refractivity contribution in [2.75, 3.05) is 11.2 Å². The largest absolute Gasteiger partial charge is 0.311 e. The molecule has 0 aliphatic rings. The minimum Gasteiger partial charge on any atom is -0.311 e. The molecule has 0 aromatic heterocycles. The van der Waals surface area contributed by atoms with Gasteiger partial charge in [-0.1, -0.05) is 97.1 Å². The molecule has 0 saturated heterocycles. The van der Waals surface area contributed by atoms with Gasteiger partial charge in [-0.2, -0.15) is 0 Å². The van der Waals surface area contributed by atoms with Gasteiger partial charge in [-0.05, 0) is 77.0 Å². The Kier molecular flexibility index (Phi) is 7.12. The first-order valence-corrected chi connectivity index (χ1v) is 13.0. The van der Waals surface area contributed by atoms with Crippen LogP contribution in [0.15, 0.2) is 138 Å². The van der Waals surface area contributed by atoms with E-state index in [0.29, 0.717) is 0 Å². The lowest BCUT2D eigenvalue weighted by molar-refractivity contribution is 1.28. The van der Waals surface area contributed by atoms with E-state index in [-0.39, 0.29) is 0 Å². The fourth-order valence-electron chi connectivity index (χ4n) is 4.12. The van der Waals surface area contributed by atoms with Gasteiger partial charge < -0.3 is 4.90 Å². The molecule has 0 unspecified atom stereocenters. The van der Waals surface area contributed by atoms with Crippen LogP contribution in [0, 0.1) is 0 Å². The normalized spacial score (nSPS) is 11.0. The van der Waals surface area contributed by atoms with Gasteiger partial charge in [0.05, 0.1) is 0 Å². The lowest BCUT2D eigenvalue weighted by Crippen LogP contribution is -2.09. The van der Waals surface area contributed by atoms with Crippen molar-refractivity contribution in [2.24, 2.45) is 0 Å². The van der Waals surface area contributed by atoms with Crippen LogP contribution in [0.2, 0.25) is 0 Å². The van der Waals surface area contributed by atoms with E-state index in [1.165, 1.54) is 27.1 Å². The molecule has 5 rings (SSSR count). The Morgan fingerprint density at radius 2 is 1.00 bits per heavy atom. The summed E-state index contributed by atoms with van der Waals surface area (Å²) >= 11 is 1.77. The molecule has 0 aliphatic carbocycles.